The Morgan fingerprint density at radius 3 is 2.31 bits per heavy atom. The van der Waals surface area contributed by atoms with Crippen molar-refractivity contribution in [1.82, 2.24) is 0 Å². The molecule has 0 aliphatic carbocycles. The highest BCUT2D eigenvalue weighted by molar-refractivity contribution is 5.39. The van der Waals surface area contributed by atoms with Gasteiger partial charge in [-0.25, -0.2) is 0 Å². The second kappa shape index (κ2) is 4.18. The summed E-state index contributed by atoms with van der Waals surface area (Å²) in [5.41, 5.74) is 4.51. The molecular formula is C12H12F3N. The first-order valence-corrected chi connectivity index (χ1v) is 4.68. The topological polar surface area (TPSA) is 26.0 Å². The van der Waals surface area contributed by atoms with Gasteiger partial charge in [0.15, 0.2) is 0 Å². The van der Waals surface area contributed by atoms with Crippen LogP contribution in [0, 0.1) is 11.8 Å². The minimum atomic E-state index is -4.34. The number of alkyl halides is 3. The van der Waals surface area contributed by atoms with Crippen LogP contribution in [0.2, 0.25) is 0 Å². The fraction of sp³-hybridized carbons (Fsp3) is 0.333. The third-order valence-electron chi connectivity index (χ3n) is 1.72. The molecule has 0 aliphatic rings. The van der Waals surface area contributed by atoms with Crippen LogP contribution in [0.3, 0.4) is 0 Å². The van der Waals surface area contributed by atoms with Gasteiger partial charge in [-0.15, -0.1) is 0 Å². The zero-order chi connectivity index (χ0) is 12.4. The number of hydrogen-bond acceptors (Lipinski definition) is 1. The summed E-state index contributed by atoms with van der Waals surface area (Å²) >= 11 is 0. The third kappa shape index (κ3) is 3.95. The van der Waals surface area contributed by atoms with Crippen molar-refractivity contribution in [3.8, 4) is 11.8 Å². The average Bonchev–Trinajstić information content (AvgIpc) is 2.13. The van der Waals surface area contributed by atoms with Crippen LogP contribution in [-0.2, 0) is 6.18 Å². The minimum absolute atomic E-state index is 0.313. The molecular weight excluding hydrogens is 215 g/mol. The van der Waals surface area contributed by atoms with Crippen molar-refractivity contribution in [3.63, 3.8) is 0 Å². The van der Waals surface area contributed by atoms with Crippen molar-refractivity contribution in [2.75, 3.05) is 0 Å². The lowest BCUT2D eigenvalue weighted by Gasteiger charge is -2.08. The lowest BCUT2D eigenvalue weighted by Crippen LogP contribution is -2.29. The van der Waals surface area contributed by atoms with Gasteiger partial charge < -0.3 is 5.73 Å². The van der Waals surface area contributed by atoms with Crippen LogP contribution in [0.4, 0.5) is 13.2 Å². The van der Waals surface area contributed by atoms with Gasteiger partial charge in [-0.2, -0.15) is 13.2 Å². The molecule has 0 bridgehead atoms. The molecule has 16 heavy (non-hydrogen) atoms. The van der Waals surface area contributed by atoms with Crippen LogP contribution in [-0.4, -0.2) is 5.54 Å². The van der Waals surface area contributed by atoms with E-state index in [0.717, 1.165) is 12.1 Å². The number of rotatable bonds is 0. The molecule has 0 radical (unpaired) electrons. The van der Waals surface area contributed by atoms with Gasteiger partial charge in [0.1, 0.15) is 0 Å². The van der Waals surface area contributed by atoms with Crippen molar-refractivity contribution >= 4 is 0 Å². The molecule has 0 fully saturated rings. The van der Waals surface area contributed by atoms with E-state index >= 15 is 0 Å². The predicted octanol–water partition coefficient (Wildman–Crippen LogP) is 2.79. The van der Waals surface area contributed by atoms with Gasteiger partial charge in [-0.05, 0) is 32.0 Å². The molecule has 1 nitrogen and oxygen atoms in total. The van der Waals surface area contributed by atoms with E-state index in [1.807, 2.05) is 0 Å². The normalized spacial score (nSPS) is 11.9. The summed E-state index contributed by atoms with van der Waals surface area (Å²) < 4.78 is 37.1. The van der Waals surface area contributed by atoms with Crippen LogP contribution in [0.25, 0.3) is 0 Å². The first-order chi connectivity index (χ1) is 7.18. The monoisotopic (exact) mass is 227 g/mol. The van der Waals surface area contributed by atoms with E-state index in [4.69, 9.17) is 5.73 Å². The predicted molar refractivity (Wildman–Crippen MR) is 56.6 cm³/mol. The molecule has 1 aromatic rings. The van der Waals surface area contributed by atoms with Gasteiger partial charge in [0.25, 0.3) is 0 Å². The first-order valence-electron chi connectivity index (χ1n) is 4.68. The van der Waals surface area contributed by atoms with Gasteiger partial charge in [-0.1, -0.05) is 17.9 Å². The second-order valence-corrected chi connectivity index (χ2v) is 4.05. The average molecular weight is 227 g/mol. The number of halogens is 3. The summed E-state index contributed by atoms with van der Waals surface area (Å²) in [6.45, 7) is 3.38. The van der Waals surface area contributed by atoms with Gasteiger partial charge in [0.2, 0.25) is 0 Å². The summed E-state index contributed by atoms with van der Waals surface area (Å²) in [6, 6.07) is 4.88. The van der Waals surface area contributed by atoms with Crippen molar-refractivity contribution < 1.29 is 13.2 Å². The van der Waals surface area contributed by atoms with Crippen molar-refractivity contribution in [2.24, 2.45) is 5.73 Å². The lowest BCUT2D eigenvalue weighted by atomic mass is 10.1. The highest BCUT2D eigenvalue weighted by Crippen LogP contribution is 2.29. The third-order valence-corrected chi connectivity index (χ3v) is 1.72. The molecule has 1 rings (SSSR count). The number of benzene rings is 1. The summed E-state index contributed by atoms with van der Waals surface area (Å²) in [5, 5.41) is 0. The standard InChI is InChI=1S/C12H12F3N/c1-11(2,16)7-6-9-4-3-5-10(8-9)12(13,14)15/h3-5,8H,16H2,1-2H3. The Hall–Kier alpha value is -1.47. The van der Waals surface area contributed by atoms with E-state index in [1.165, 1.54) is 12.1 Å². The molecule has 0 amide bonds. The number of nitrogens with two attached hydrogens (primary N) is 1. The van der Waals surface area contributed by atoms with Gasteiger partial charge >= 0.3 is 6.18 Å². The van der Waals surface area contributed by atoms with Crippen LogP contribution >= 0.6 is 0 Å². The molecule has 0 atom stereocenters. The van der Waals surface area contributed by atoms with Gasteiger partial charge in [0.05, 0.1) is 11.1 Å². The molecule has 0 aromatic heterocycles. The smallest absolute Gasteiger partial charge is 0.316 e. The molecule has 0 saturated heterocycles. The Bertz CT molecular complexity index is 430. The van der Waals surface area contributed by atoms with E-state index in [-0.39, 0.29) is 0 Å². The Balaban J connectivity index is 3.04. The van der Waals surface area contributed by atoms with Crippen LogP contribution in [0.5, 0.6) is 0 Å². The lowest BCUT2D eigenvalue weighted by molar-refractivity contribution is -0.137. The van der Waals surface area contributed by atoms with Crippen LogP contribution < -0.4 is 5.73 Å². The zero-order valence-corrected chi connectivity index (χ0v) is 9.02. The first kappa shape index (κ1) is 12.6. The maximum Gasteiger partial charge on any atom is 0.416 e. The summed E-state index contributed by atoms with van der Waals surface area (Å²) in [6.07, 6.45) is -4.34. The largest absolute Gasteiger partial charge is 0.416 e. The molecule has 2 N–H and O–H groups in total. The summed E-state index contributed by atoms with van der Waals surface area (Å²) in [7, 11) is 0. The SMILES string of the molecule is CC(C)(N)C#Cc1cccc(C(F)(F)F)c1. The molecule has 1 aromatic carbocycles. The van der Waals surface area contributed by atoms with Crippen molar-refractivity contribution in [3.05, 3.63) is 35.4 Å². The Morgan fingerprint density at radius 2 is 1.81 bits per heavy atom. The maximum absolute atomic E-state index is 12.4. The number of hydrogen-bond donors (Lipinski definition) is 1. The van der Waals surface area contributed by atoms with E-state index in [9.17, 15) is 13.2 Å². The van der Waals surface area contributed by atoms with Crippen LogP contribution in [0.15, 0.2) is 24.3 Å². The van der Waals surface area contributed by atoms with Crippen LogP contribution in [0.1, 0.15) is 25.0 Å². The minimum Gasteiger partial charge on any atom is -0.316 e. The molecule has 0 spiro atoms. The van der Waals surface area contributed by atoms with Gasteiger partial charge in [0, 0.05) is 5.56 Å². The van der Waals surface area contributed by atoms with E-state index in [0.29, 0.717) is 5.56 Å². The molecule has 0 unspecified atom stereocenters. The highest BCUT2D eigenvalue weighted by atomic mass is 19.4. The fourth-order valence-corrected chi connectivity index (χ4v) is 1.01. The quantitative estimate of drug-likeness (QED) is 0.677. The van der Waals surface area contributed by atoms with Crippen molar-refractivity contribution in [2.45, 2.75) is 25.6 Å². The zero-order valence-electron chi connectivity index (χ0n) is 9.02. The Kier molecular flexibility index (Phi) is 3.30. The molecule has 86 valence electrons. The van der Waals surface area contributed by atoms with Gasteiger partial charge in [-0.3, -0.25) is 0 Å². The molecule has 0 saturated carbocycles. The summed E-state index contributed by atoms with van der Waals surface area (Å²) in [4.78, 5) is 0. The highest BCUT2D eigenvalue weighted by Gasteiger charge is 2.30. The van der Waals surface area contributed by atoms with E-state index in [2.05, 4.69) is 11.8 Å². The summed E-state index contributed by atoms with van der Waals surface area (Å²) in [5.74, 6) is 5.30. The molecule has 0 aliphatic heterocycles. The fourth-order valence-electron chi connectivity index (χ4n) is 1.01. The maximum atomic E-state index is 12.4. The molecule has 4 heteroatoms. The van der Waals surface area contributed by atoms with E-state index in [1.54, 1.807) is 13.8 Å². The Morgan fingerprint density at radius 1 is 1.19 bits per heavy atom. The second-order valence-electron chi connectivity index (χ2n) is 4.05. The van der Waals surface area contributed by atoms with Crippen molar-refractivity contribution in [1.29, 1.82) is 0 Å². The Labute approximate surface area is 92.5 Å². The molecule has 0 heterocycles. The van der Waals surface area contributed by atoms with E-state index < -0.39 is 17.3 Å².